The van der Waals surface area contributed by atoms with Gasteiger partial charge in [0, 0.05) is 0 Å². The summed E-state index contributed by atoms with van der Waals surface area (Å²) < 4.78 is 21.9. The van der Waals surface area contributed by atoms with E-state index in [1.165, 1.54) is 5.56 Å². The van der Waals surface area contributed by atoms with Gasteiger partial charge in [-0.3, -0.25) is 0 Å². The smallest absolute Gasteiger partial charge is 0.203 e. The van der Waals surface area contributed by atoms with E-state index in [1.807, 2.05) is 6.07 Å². The normalized spacial score (nSPS) is 17.2. The predicted octanol–water partition coefficient (Wildman–Crippen LogP) is 2.74. The molecule has 0 N–H and O–H groups in total. The Bertz CT molecular complexity index is 438. The van der Waals surface area contributed by atoms with Gasteiger partial charge in [0.1, 0.15) is 12.7 Å². The molecule has 1 saturated heterocycles. The zero-order chi connectivity index (χ0) is 13.8. The molecule has 0 bridgehead atoms. The molecule has 4 heteroatoms. The van der Waals surface area contributed by atoms with Crippen molar-refractivity contribution in [2.45, 2.75) is 32.8 Å². The summed E-state index contributed by atoms with van der Waals surface area (Å²) in [6.07, 6.45) is 2.30. The van der Waals surface area contributed by atoms with E-state index < -0.39 is 0 Å². The van der Waals surface area contributed by atoms with E-state index in [4.69, 9.17) is 18.9 Å². The number of hydrogen-bond donors (Lipinski definition) is 0. The van der Waals surface area contributed by atoms with Crippen molar-refractivity contribution < 1.29 is 18.9 Å². The molecular weight excluding hydrogens is 244 g/mol. The molecule has 0 radical (unpaired) electrons. The average Bonchev–Trinajstić information content (AvgIpc) is 3.23. The van der Waals surface area contributed by atoms with Crippen molar-refractivity contribution >= 4 is 0 Å². The van der Waals surface area contributed by atoms with E-state index in [1.54, 1.807) is 14.2 Å². The summed E-state index contributed by atoms with van der Waals surface area (Å²) in [6, 6.07) is 2.05. The van der Waals surface area contributed by atoms with Gasteiger partial charge in [-0.15, -0.1) is 0 Å². The first-order chi connectivity index (χ1) is 9.21. The SMILES string of the molecule is CCCc1cc(OC)c(OCC2CO2)c(OC)c1C. The van der Waals surface area contributed by atoms with Gasteiger partial charge in [-0.05, 0) is 30.5 Å². The van der Waals surface area contributed by atoms with E-state index in [0.29, 0.717) is 12.4 Å². The first kappa shape index (κ1) is 14.0. The third-order valence-corrected chi connectivity index (χ3v) is 3.32. The predicted molar refractivity (Wildman–Crippen MR) is 73.5 cm³/mol. The number of methoxy groups -OCH3 is 2. The van der Waals surface area contributed by atoms with Crippen LogP contribution in [-0.4, -0.2) is 33.5 Å². The van der Waals surface area contributed by atoms with Crippen molar-refractivity contribution in [3.05, 3.63) is 17.2 Å². The highest BCUT2D eigenvalue weighted by Gasteiger charge is 2.26. The summed E-state index contributed by atoms with van der Waals surface area (Å²) in [6.45, 7) is 5.54. The lowest BCUT2D eigenvalue weighted by molar-refractivity contribution is 0.240. The minimum Gasteiger partial charge on any atom is -0.493 e. The van der Waals surface area contributed by atoms with Crippen molar-refractivity contribution in [1.82, 2.24) is 0 Å². The lowest BCUT2D eigenvalue weighted by Gasteiger charge is -2.18. The summed E-state index contributed by atoms with van der Waals surface area (Å²) in [5, 5.41) is 0. The van der Waals surface area contributed by atoms with Gasteiger partial charge >= 0.3 is 0 Å². The van der Waals surface area contributed by atoms with Crippen LogP contribution in [-0.2, 0) is 11.2 Å². The van der Waals surface area contributed by atoms with E-state index in [0.717, 1.165) is 36.5 Å². The van der Waals surface area contributed by atoms with Gasteiger partial charge in [0.15, 0.2) is 11.5 Å². The lowest BCUT2D eigenvalue weighted by atomic mass is 10.0. The molecule has 2 rings (SSSR count). The molecule has 1 aromatic carbocycles. The maximum absolute atomic E-state index is 5.81. The molecule has 1 aliphatic rings. The van der Waals surface area contributed by atoms with Gasteiger partial charge in [0.05, 0.1) is 20.8 Å². The molecule has 0 amide bonds. The van der Waals surface area contributed by atoms with Crippen LogP contribution in [0.2, 0.25) is 0 Å². The van der Waals surface area contributed by atoms with Crippen LogP contribution in [0.4, 0.5) is 0 Å². The number of epoxide rings is 1. The number of rotatable bonds is 7. The van der Waals surface area contributed by atoms with Gasteiger partial charge in [-0.1, -0.05) is 13.3 Å². The highest BCUT2D eigenvalue weighted by atomic mass is 16.6. The second-order valence-electron chi connectivity index (χ2n) is 4.74. The topological polar surface area (TPSA) is 40.2 Å². The minimum absolute atomic E-state index is 0.213. The van der Waals surface area contributed by atoms with Gasteiger partial charge in [0.2, 0.25) is 5.75 Å². The summed E-state index contributed by atoms with van der Waals surface area (Å²) in [5.74, 6) is 2.17. The van der Waals surface area contributed by atoms with Crippen LogP contribution in [0.25, 0.3) is 0 Å². The lowest BCUT2D eigenvalue weighted by Crippen LogP contribution is -2.08. The second kappa shape index (κ2) is 6.15. The Labute approximate surface area is 114 Å². The Morgan fingerprint density at radius 1 is 1.26 bits per heavy atom. The Hall–Kier alpha value is -1.42. The Morgan fingerprint density at radius 2 is 2.00 bits per heavy atom. The fourth-order valence-electron chi connectivity index (χ4n) is 2.16. The molecule has 1 fully saturated rings. The summed E-state index contributed by atoms with van der Waals surface area (Å²) >= 11 is 0. The molecule has 1 heterocycles. The average molecular weight is 266 g/mol. The van der Waals surface area contributed by atoms with Crippen molar-refractivity contribution in [3.8, 4) is 17.2 Å². The van der Waals surface area contributed by atoms with Crippen LogP contribution in [0.3, 0.4) is 0 Å². The van der Waals surface area contributed by atoms with E-state index in [9.17, 15) is 0 Å². The Morgan fingerprint density at radius 3 is 2.53 bits per heavy atom. The van der Waals surface area contributed by atoms with Gasteiger partial charge in [0.25, 0.3) is 0 Å². The first-order valence-corrected chi connectivity index (χ1v) is 6.70. The molecule has 1 unspecified atom stereocenters. The number of hydrogen-bond acceptors (Lipinski definition) is 4. The standard InChI is InChI=1S/C15H22O4/c1-5-6-11-7-13(16-3)15(14(17-4)10(11)2)19-9-12-8-18-12/h7,12H,5-6,8-9H2,1-4H3. The third-order valence-electron chi connectivity index (χ3n) is 3.32. The number of ether oxygens (including phenoxy) is 4. The van der Waals surface area contributed by atoms with Crippen molar-refractivity contribution in [1.29, 1.82) is 0 Å². The van der Waals surface area contributed by atoms with Gasteiger partial charge in [-0.2, -0.15) is 0 Å². The van der Waals surface area contributed by atoms with E-state index in [2.05, 4.69) is 13.8 Å². The third kappa shape index (κ3) is 3.13. The minimum atomic E-state index is 0.213. The quantitative estimate of drug-likeness (QED) is 0.711. The summed E-state index contributed by atoms with van der Waals surface area (Å²) in [4.78, 5) is 0. The van der Waals surface area contributed by atoms with Crippen LogP contribution < -0.4 is 14.2 Å². The van der Waals surface area contributed by atoms with E-state index >= 15 is 0 Å². The fourth-order valence-corrected chi connectivity index (χ4v) is 2.16. The van der Waals surface area contributed by atoms with Crippen LogP contribution in [0.15, 0.2) is 6.07 Å². The van der Waals surface area contributed by atoms with Crippen LogP contribution in [0.5, 0.6) is 17.2 Å². The van der Waals surface area contributed by atoms with E-state index in [-0.39, 0.29) is 6.10 Å². The maximum atomic E-state index is 5.81. The summed E-state index contributed by atoms with van der Waals surface area (Å²) in [5.41, 5.74) is 2.36. The molecule has 1 aliphatic heterocycles. The van der Waals surface area contributed by atoms with Gasteiger partial charge < -0.3 is 18.9 Å². The largest absolute Gasteiger partial charge is 0.493 e. The molecular formula is C15H22O4. The molecule has 1 aromatic rings. The van der Waals surface area contributed by atoms with Crippen molar-refractivity contribution in [3.63, 3.8) is 0 Å². The zero-order valence-electron chi connectivity index (χ0n) is 12.1. The Kier molecular flexibility index (Phi) is 4.53. The highest BCUT2D eigenvalue weighted by Crippen LogP contribution is 2.42. The molecule has 4 nitrogen and oxygen atoms in total. The van der Waals surface area contributed by atoms with Crippen LogP contribution in [0.1, 0.15) is 24.5 Å². The highest BCUT2D eigenvalue weighted by molar-refractivity contribution is 5.58. The molecule has 19 heavy (non-hydrogen) atoms. The monoisotopic (exact) mass is 266 g/mol. The fraction of sp³-hybridized carbons (Fsp3) is 0.600. The molecule has 0 aromatic heterocycles. The maximum Gasteiger partial charge on any atom is 0.203 e. The first-order valence-electron chi connectivity index (χ1n) is 6.70. The molecule has 0 saturated carbocycles. The molecule has 0 spiro atoms. The number of benzene rings is 1. The van der Waals surface area contributed by atoms with Crippen molar-refractivity contribution in [2.24, 2.45) is 0 Å². The Balaban J connectivity index is 2.33. The van der Waals surface area contributed by atoms with Crippen molar-refractivity contribution in [2.75, 3.05) is 27.4 Å². The molecule has 1 atom stereocenters. The second-order valence-corrected chi connectivity index (χ2v) is 4.74. The van der Waals surface area contributed by atoms with Crippen LogP contribution in [0, 0.1) is 6.92 Å². The van der Waals surface area contributed by atoms with Crippen LogP contribution >= 0.6 is 0 Å². The van der Waals surface area contributed by atoms with Gasteiger partial charge in [-0.25, -0.2) is 0 Å². The number of aryl methyl sites for hydroxylation is 1. The molecule has 0 aliphatic carbocycles. The zero-order valence-corrected chi connectivity index (χ0v) is 12.1. The summed E-state index contributed by atoms with van der Waals surface area (Å²) in [7, 11) is 3.32. The molecule has 106 valence electrons.